The molecule has 0 radical (unpaired) electrons. The molecule has 3 aromatic carbocycles. The first-order chi connectivity index (χ1) is 14.6. The normalized spacial score (nSPS) is 21.5. The number of fused-ring (bicyclic) bond motifs is 1. The van der Waals surface area contributed by atoms with E-state index < -0.39 is 5.60 Å². The van der Waals surface area contributed by atoms with Gasteiger partial charge in [0, 0.05) is 12.8 Å². The molecule has 2 atom stereocenters. The predicted octanol–water partition coefficient (Wildman–Crippen LogP) is 6.15. The summed E-state index contributed by atoms with van der Waals surface area (Å²) in [7, 11) is 0. The standard InChI is InChI=1S/C26H27FO3/c1-3-12-30-26(11-13-28-19(2)17-26)23-5-4-6-25(16-23)29-18-20-7-8-21-9-10-24(27)15-22(21)14-20/h3-10,14-16,19H,1,11-13,17-18H2,2H3. The Morgan fingerprint density at radius 3 is 2.83 bits per heavy atom. The molecule has 0 saturated carbocycles. The highest BCUT2D eigenvalue weighted by Crippen LogP contribution is 2.39. The van der Waals surface area contributed by atoms with Crippen LogP contribution in [0.15, 0.2) is 73.3 Å². The van der Waals surface area contributed by atoms with Gasteiger partial charge in [-0.3, -0.25) is 0 Å². The van der Waals surface area contributed by atoms with Gasteiger partial charge in [-0.2, -0.15) is 0 Å². The summed E-state index contributed by atoms with van der Waals surface area (Å²) in [5.74, 6) is 0.552. The number of hydrogen-bond acceptors (Lipinski definition) is 3. The molecule has 156 valence electrons. The van der Waals surface area contributed by atoms with Gasteiger partial charge in [-0.25, -0.2) is 4.39 Å². The van der Waals surface area contributed by atoms with E-state index in [0.717, 1.165) is 40.5 Å². The molecule has 3 nitrogen and oxygen atoms in total. The molecule has 1 aliphatic rings. The second-order valence-electron chi connectivity index (χ2n) is 7.87. The molecule has 0 aromatic heterocycles. The highest BCUT2D eigenvalue weighted by atomic mass is 19.1. The summed E-state index contributed by atoms with van der Waals surface area (Å²) < 4.78 is 31.6. The lowest BCUT2D eigenvalue weighted by atomic mass is 9.83. The van der Waals surface area contributed by atoms with Gasteiger partial charge in [0.1, 0.15) is 18.2 Å². The van der Waals surface area contributed by atoms with Gasteiger partial charge in [-0.1, -0.05) is 36.4 Å². The highest BCUT2D eigenvalue weighted by molar-refractivity contribution is 5.83. The lowest BCUT2D eigenvalue weighted by Gasteiger charge is -2.40. The van der Waals surface area contributed by atoms with E-state index in [1.807, 2.05) is 30.3 Å². The molecule has 4 rings (SSSR count). The molecule has 0 N–H and O–H groups in total. The molecule has 0 spiro atoms. The third-order valence-corrected chi connectivity index (χ3v) is 5.64. The summed E-state index contributed by atoms with van der Waals surface area (Å²) in [6.45, 7) is 7.44. The van der Waals surface area contributed by atoms with E-state index in [-0.39, 0.29) is 11.9 Å². The van der Waals surface area contributed by atoms with E-state index in [0.29, 0.717) is 19.8 Å². The predicted molar refractivity (Wildman–Crippen MR) is 117 cm³/mol. The van der Waals surface area contributed by atoms with Crippen LogP contribution in [0.1, 0.15) is 30.9 Å². The minimum Gasteiger partial charge on any atom is -0.489 e. The van der Waals surface area contributed by atoms with E-state index in [2.05, 4.69) is 25.6 Å². The van der Waals surface area contributed by atoms with Crippen molar-refractivity contribution < 1.29 is 18.6 Å². The van der Waals surface area contributed by atoms with Gasteiger partial charge in [0.2, 0.25) is 0 Å². The third-order valence-electron chi connectivity index (χ3n) is 5.64. The highest BCUT2D eigenvalue weighted by Gasteiger charge is 2.38. The van der Waals surface area contributed by atoms with Crippen molar-refractivity contribution in [3.63, 3.8) is 0 Å². The van der Waals surface area contributed by atoms with Crippen LogP contribution in [0.3, 0.4) is 0 Å². The van der Waals surface area contributed by atoms with Crippen LogP contribution in [-0.4, -0.2) is 19.3 Å². The van der Waals surface area contributed by atoms with Crippen LogP contribution >= 0.6 is 0 Å². The Balaban J connectivity index is 1.53. The van der Waals surface area contributed by atoms with E-state index in [1.165, 1.54) is 6.07 Å². The summed E-state index contributed by atoms with van der Waals surface area (Å²) in [6.07, 6.45) is 3.50. The van der Waals surface area contributed by atoms with Gasteiger partial charge in [-0.15, -0.1) is 6.58 Å². The Morgan fingerprint density at radius 2 is 2.00 bits per heavy atom. The molecule has 2 unspecified atom stereocenters. The van der Waals surface area contributed by atoms with Crippen LogP contribution in [-0.2, 0) is 21.7 Å². The Bertz CT molecular complexity index is 1030. The SMILES string of the molecule is C=CCOC1(c2cccc(OCc3ccc4ccc(F)cc4c3)c2)CCOC(C)C1. The maximum Gasteiger partial charge on any atom is 0.123 e. The first kappa shape index (κ1) is 20.6. The van der Waals surface area contributed by atoms with Gasteiger partial charge >= 0.3 is 0 Å². The van der Waals surface area contributed by atoms with Crippen LogP contribution in [0, 0.1) is 5.82 Å². The minimum atomic E-state index is -0.397. The van der Waals surface area contributed by atoms with Crippen molar-refractivity contribution >= 4 is 10.8 Å². The number of ether oxygens (including phenoxy) is 3. The molecular formula is C26H27FO3. The smallest absolute Gasteiger partial charge is 0.123 e. The minimum absolute atomic E-state index is 0.131. The second kappa shape index (κ2) is 8.99. The second-order valence-corrected chi connectivity index (χ2v) is 7.87. The lowest BCUT2D eigenvalue weighted by Crippen LogP contribution is -2.40. The van der Waals surface area contributed by atoms with Crippen molar-refractivity contribution in [2.75, 3.05) is 13.2 Å². The molecule has 3 aromatic rings. The number of halogens is 1. The molecular weight excluding hydrogens is 379 g/mol. The molecule has 4 heteroatoms. The molecule has 30 heavy (non-hydrogen) atoms. The van der Waals surface area contributed by atoms with Crippen LogP contribution < -0.4 is 4.74 Å². The molecule has 1 aliphatic heterocycles. The van der Waals surface area contributed by atoms with E-state index >= 15 is 0 Å². The van der Waals surface area contributed by atoms with Gasteiger partial charge in [-0.05, 0) is 59.2 Å². The van der Waals surface area contributed by atoms with Crippen LogP contribution in [0.5, 0.6) is 5.75 Å². The number of benzene rings is 3. The Labute approximate surface area is 177 Å². The topological polar surface area (TPSA) is 27.7 Å². The summed E-state index contributed by atoms with van der Waals surface area (Å²) in [5, 5.41) is 1.88. The number of rotatable bonds is 7. The fourth-order valence-electron chi connectivity index (χ4n) is 4.14. The maximum atomic E-state index is 13.5. The zero-order valence-corrected chi connectivity index (χ0v) is 17.3. The molecule has 0 amide bonds. The summed E-state index contributed by atoms with van der Waals surface area (Å²) in [4.78, 5) is 0. The molecule has 1 fully saturated rings. The van der Waals surface area contributed by atoms with Gasteiger partial charge < -0.3 is 14.2 Å². The zero-order chi connectivity index (χ0) is 21.0. The van der Waals surface area contributed by atoms with Gasteiger partial charge in [0.05, 0.1) is 24.9 Å². The van der Waals surface area contributed by atoms with Gasteiger partial charge in [0.15, 0.2) is 0 Å². The van der Waals surface area contributed by atoms with E-state index in [4.69, 9.17) is 14.2 Å². The van der Waals surface area contributed by atoms with Crippen molar-refractivity contribution in [1.29, 1.82) is 0 Å². The van der Waals surface area contributed by atoms with Crippen LogP contribution in [0.25, 0.3) is 10.8 Å². The maximum absolute atomic E-state index is 13.5. The summed E-state index contributed by atoms with van der Waals surface area (Å²) in [6, 6.07) is 18.9. The molecule has 0 aliphatic carbocycles. The summed E-state index contributed by atoms with van der Waals surface area (Å²) >= 11 is 0. The molecule has 1 saturated heterocycles. The van der Waals surface area contributed by atoms with Crippen molar-refractivity contribution in [2.24, 2.45) is 0 Å². The van der Waals surface area contributed by atoms with Crippen LogP contribution in [0.4, 0.5) is 4.39 Å². The third kappa shape index (κ3) is 4.55. The van der Waals surface area contributed by atoms with Crippen molar-refractivity contribution in [1.82, 2.24) is 0 Å². The first-order valence-corrected chi connectivity index (χ1v) is 10.4. The summed E-state index contributed by atoms with van der Waals surface area (Å²) in [5.41, 5.74) is 1.69. The molecule has 1 heterocycles. The monoisotopic (exact) mass is 406 g/mol. The average Bonchev–Trinajstić information content (AvgIpc) is 2.76. The largest absolute Gasteiger partial charge is 0.489 e. The molecule has 0 bridgehead atoms. The van der Waals surface area contributed by atoms with Gasteiger partial charge in [0.25, 0.3) is 0 Å². The van der Waals surface area contributed by atoms with Crippen molar-refractivity contribution in [2.45, 2.75) is 38.1 Å². The Hall–Kier alpha value is -2.69. The fraction of sp³-hybridized carbons (Fsp3) is 0.308. The Morgan fingerprint density at radius 1 is 1.13 bits per heavy atom. The van der Waals surface area contributed by atoms with Crippen molar-refractivity contribution in [3.05, 3.63) is 90.3 Å². The quantitative estimate of drug-likeness (QED) is 0.440. The zero-order valence-electron chi connectivity index (χ0n) is 17.3. The van der Waals surface area contributed by atoms with E-state index in [1.54, 1.807) is 18.2 Å². The lowest BCUT2D eigenvalue weighted by molar-refractivity contribution is -0.132. The average molecular weight is 406 g/mol. The van der Waals surface area contributed by atoms with Crippen molar-refractivity contribution in [3.8, 4) is 5.75 Å². The van der Waals surface area contributed by atoms with E-state index in [9.17, 15) is 4.39 Å². The first-order valence-electron chi connectivity index (χ1n) is 10.4. The fourth-order valence-corrected chi connectivity index (χ4v) is 4.14. The Kier molecular flexibility index (Phi) is 6.16. The van der Waals surface area contributed by atoms with Crippen LogP contribution in [0.2, 0.25) is 0 Å². The number of hydrogen-bond donors (Lipinski definition) is 0.